The molecule has 4 heterocycles. The van der Waals surface area contributed by atoms with Crippen LogP contribution in [-0.2, 0) is 0 Å². The number of hydrogen-bond acceptors (Lipinski definition) is 6. The smallest absolute Gasteiger partial charge is 0.205 e. The van der Waals surface area contributed by atoms with Crippen LogP contribution in [0.5, 0.6) is 0 Å². The zero-order valence-corrected chi connectivity index (χ0v) is 14.5. The van der Waals surface area contributed by atoms with Crippen LogP contribution in [0.2, 0.25) is 0 Å². The average molecular weight is 370 g/mol. The van der Waals surface area contributed by atoms with E-state index in [-0.39, 0.29) is 0 Å². The molecule has 0 amide bonds. The summed E-state index contributed by atoms with van der Waals surface area (Å²) in [6, 6.07) is 15.9. The minimum Gasteiger partial charge on any atom is -0.361 e. The number of aromatic amines is 4. The van der Waals surface area contributed by atoms with Gasteiger partial charge in [-0.15, -0.1) is 20.4 Å². The number of tetrazole rings is 2. The molecule has 0 aliphatic carbocycles. The molecular weight excluding hydrogens is 356 g/mol. The lowest BCUT2D eigenvalue weighted by atomic mass is 10.1. The normalized spacial score (nSPS) is 10.9. The van der Waals surface area contributed by atoms with Crippen LogP contribution in [0, 0.1) is 0 Å². The zero-order chi connectivity index (χ0) is 18.8. The third-order valence-electron chi connectivity index (χ3n) is 4.36. The first-order valence-electron chi connectivity index (χ1n) is 8.50. The number of nitrogens with zero attached hydrogens (tertiary/aromatic N) is 6. The van der Waals surface area contributed by atoms with Crippen LogP contribution in [0.1, 0.15) is 0 Å². The summed E-state index contributed by atoms with van der Waals surface area (Å²) >= 11 is 0. The summed E-state index contributed by atoms with van der Waals surface area (Å²) < 4.78 is 0. The molecule has 10 heteroatoms. The molecule has 0 unspecified atom stereocenters. The minimum absolute atomic E-state index is 0.621. The Kier molecular flexibility index (Phi) is 3.83. The van der Waals surface area contributed by atoms with Crippen LogP contribution >= 0.6 is 0 Å². The Morgan fingerprint density at radius 2 is 1.07 bits per heavy atom. The Balaban J connectivity index is 0.000000122. The van der Waals surface area contributed by atoms with E-state index in [0.29, 0.717) is 11.6 Å². The first-order valence-corrected chi connectivity index (χ1v) is 8.50. The van der Waals surface area contributed by atoms with Gasteiger partial charge in [0.1, 0.15) is 0 Å². The van der Waals surface area contributed by atoms with Crippen LogP contribution in [-0.4, -0.2) is 51.2 Å². The van der Waals surface area contributed by atoms with Crippen molar-refractivity contribution in [2.24, 2.45) is 0 Å². The van der Waals surface area contributed by atoms with Gasteiger partial charge >= 0.3 is 0 Å². The number of fused-ring (bicyclic) bond motifs is 2. The van der Waals surface area contributed by atoms with Crippen LogP contribution in [0.4, 0.5) is 0 Å². The van der Waals surface area contributed by atoms with Gasteiger partial charge in [0.2, 0.25) is 11.6 Å². The number of hydrogen-bond donors (Lipinski definition) is 4. The first-order chi connectivity index (χ1) is 13.9. The maximum absolute atomic E-state index is 3.96. The molecule has 0 aliphatic heterocycles. The second-order valence-electron chi connectivity index (χ2n) is 5.96. The molecule has 10 nitrogen and oxygen atoms in total. The van der Waals surface area contributed by atoms with Crippen molar-refractivity contribution < 1.29 is 0 Å². The summed E-state index contributed by atoms with van der Waals surface area (Å²) in [7, 11) is 0. The molecule has 28 heavy (non-hydrogen) atoms. The lowest BCUT2D eigenvalue weighted by Crippen LogP contribution is -1.81. The molecular formula is C18H14N10. The van der Waals surface area contributed by atoms with Gasteiger partial charge in [-0.2, -0.15) is 10.4 Å². The highest BCUT2D eigenvalue weighted by molar-refractivity contribution is 5.93. The van der Waals surface area contributed by atoms with Gasteiger partial charge in [0.05, 0.1) is 0 Å². The van der Waals surface area contributed by atoms with Crippen LogP contribution in [0.3, 0.4) is 0 Å². The number of aromatic nitrogens is 10. The predicted octanol–water partition coefficient (Wildman–Crippen LogP) is 2.70. The molecule has 0 saturated carbocycles. The highest BCUT2D eigenvalue weighted by Crippen LogP contribution is 2.25. The van der Waals surface area contributed by atoms with E-state index in [1.807, 2.05) is 60.9 Å². The monoisotopic (exact) mass is 370 g/mol. The Labute approximate surface area is 157 Å². The third-order valence-corrected chi connectivity index (χ3v) is 4.36. The maximum atomic E-state index is 3.96. The van der Waals surface area contributed by atoms with Crippen molar-refractivity contribution in [1.29, 1.82) is 0 Å². The van der Waals surface area contributed by atoms with E-state index >= 15 is 0 Å². The van der Waals surface area contributed by atoms with Crippen LogP contribution in [0.25, 0.3) is 44.6 Å². The van der Waals surface area contributed by atoms with Crippen molar-refractivity contribution in [3.63, 3.8) is 0 Å². The van der Waals surface area contributed by atoms with Crippen molar-refractivity contribution in [1.82, 2.24) is 51.2 Å². The van der Waals surface area contributed by atoms with Crippen molar-refractivity contribution in [2.75, 3.05) is 0 Å². The molecule has 0 fully saturated rings. The van der Waals surface area contributed by atoms with Crippen LogP contribution < -0.4 is 0 Å². The van der Waals surface area contributed by atoms with Gasteiger partial charge in [-0.1, -0.05) is 24.3 Å². The summed E-state index contributed by atoms with van der Waals surface area (Å²) in [4.78, 5) is 6.27. The first kappa shape index (κ1) is 15.9. The number of H-pyrrole nitrogens is 4. The predicted molar refractivity (Wildman–Crippen MR) is 103 cm³/mol. The highest BCUT2D eigenvalue weighted by atomic mass is 15.5. The average Bonchev–Trinajstić information content (AvgIpc) is 3.54. The van der Waals surface area contributed by atoms with Gasteiger partial charge in [-0.05, 0) is 34.7 Å². The Morgan fingerprint density at radius 1 is 0.571 bits per heavy atom. The molecule has 0 radical (unpaired) electrons. The molecule has 0 atom stereocenters. The second-order valence-corrected chi connectivity index (χ2v) is 5.96. The number of rotatable bonds is 2. The molecule has 2 aromatic carbocycles. The molecule has 0 bridgehead atoms. The summed E-state index contributed by atoms with van der Waals surface area (Å²) in [6.45, 7) is 0. The molecule has 136 valence electrons. The van der Waals surface area contributed by atoms with Crippen molar-refractivity contribution in [3.05, 3.63) is 60.9 Å². The molecule has 4 aromatic heterocycles. The van der Waals surface area contributed by atoms with Gasteiger partial charge in [0.25, 0.3) is 0 Å². The van der Waals surface area contributed by atoms with Gasteiger partial charge in [0.15, 0.2) is 0 Å². The minimum atomic E-state index is 0.621. The lowest BCUT2D eigenvalue weighted by molar-refractivity contribution is 0.881. The summed E-state index contributed by atoms with van der Waals surface area (Å²) in [5.41, 5.74) is 4.12. The topological polar surface area (TPSA) is 140 Å². The molecule has 6 aromatic rings. The molecule has 4 N–H and O–H groups in total. The maximum Gasteiger partial charge on any atom is 0.205 e. The standard InChI is InChI=1S/2C9H7N5/c2*1-2-7(9-11-13-14-12-9)6-4-5-10-8(6)3-1/h2*1-5,10H,(H,11,12,13,14). The van der Waals surface area contributed by atoms with E-state index in [4.69, 9.17) is 0 Å². The second kappa shape index (κ2) is 6.76. The van der Waals surface area contributed by atoms with E-state index in [9.17, 15) is 0 Å². The van der Waals surface area contributed by atoms with E-state index in [1.165, 1.54) is 0 Å². The van der Waals surface area contributed by atoms with Crippen molar-refractivity contribution >= 4 is 21.8 Å². The van der Waals surface area contributed by atoms with Crippen molar-refractivity contribution in [3.8, 4) is 22.8 Å². The van der Waals surface area contributed by atoms with E-state index in [2.05, 4.69) is 51.2 Å². The molecule has 0 saturated heterocycles. The van der Waals surface area contributed by atoms with E-state index in [1.54, 1.807) is 0 Å². The molecule has 0 spiro atoms. The Morgan fingerprint density at radius 3 is 1.50 bits per heavy atom. The highest BCUT2D eigenvalue weighted by Gasteiger charge is 2.08. The lowest BCUT2D eigenvalue weighted by Gasteiger charge is -1.95. The fourth-order valence-corrected chi connectivity index (χ4v) is 3.11. The third kappa shape index (κ3) is 2.78. The fraction of sp³-hybridized carbons (Fsp3) is 0. The molecule has 6 rings (SSSR count). The summed E-state index contributed by atoms with van der Waals surface area (Å²) in [5, 5.41) is 30.0. The fourth-order valence-electron chi connectivity index (χ4n) is 3.11. The van der Waals surface area contributed by atoms with E-state index in [0.717, 1.165) is 32.9 Å². The van der Waals surface area contributed by atoms with Gasteiger partial charge in [-0.3, -0.25) is 0 Å². The summed E-state index contributed by atoms with van der Waals surface area (Å²) in [6.07, 6.45) is 3.79. The van der Waals surface area contributed by atoms with Gasteiger partial charge < -0.3 is 9.97 Å². The molecule has 0 aliphatic rings. The SMILES string of the molecule is c1cc(-c2nn[nH]n2)c2cc[nH]c2c1.c1cc(-c2nn[nH]n2)c2cc[nH]c2c1. The van der Waals surface area contributed by atoms with Crippen molar-refractivity contribution in [2.45, 2.75) is 0 Å². The largest absolute Gasteiger partial charge is 0.361 e. The van der Waals surface area contributed by atoms with E-state index < -0.39 is 0 Å². The Hall–Kier alpha value is -4.34. The number of nitrogens with one attached hydrogen (secondary N) is 4. The zero-order valence-electron chi connectivity index (χ0n) is 14.5. The van der Waals surface area contributed by atoms with Gasteiger partial charge in [-0.25, -0.2) is 0 Å². The number of benzene rings is 2. The van der Waals surface area contributed by atoms with Crippen LogP contribution in [0.15, 0.2) is 60.9 Å². The summed E-state index contributed by atoms with van der Waals surface area (Å²) in [5.74, 6) is 1.24. The van der Waals surface area contributed by atoms with Gasteiger partial charge in [0, 0.05) is 45.3 Å². The quantitative estimate of drug-likeness (QED) is 0.369. The Bertz CT molecular complexity index is 1210.